The number of amides is 1. The number of carboxylic acid groups (broad SMARTS) is 1. The van der Waals surface area contributed by atoms with Crippen molar-refractivity contribution >= 4 is 33.7 Å². The van der Waals surface area contributed by atoms with Crippen LogP contribution in [-0.4, -0.2) is 44.7 Å². The van der Waals surface area contributed by atoms with Crippen LogP contribution in [0.25, 0.3) is 33.1 Å². The number of nitrogens with one attached hydrogen (secondary N) is 3. The first-order valence-corrected chi connectivity index (χ1v) is 9.44. The van der Waals surface area contributed by atoms with Crippen molar-refractivity contribution < 1.29 is 24.2 Å². The Hall–Kier alpha value is -3.98. The average molecular weight is 423 g/mol. The van der Waals surface area contributed by atoms with Gasteiger partial charge in [-0.25, -0.2) is 4.39 Å². The number of H-pyrrole nitrogens is 2. The molecule has 2 heterocycles. The summed E-state index contributed by atoms with van der Waals surface area (Å²) >= 11 is 0. The Morgan fingerprint density at radius 2 is 1.87 bits per heavy atom. The second kappa shape index (κ2) is 8.04. The lowest BCUT2D eigenvalue weighted by molar-refractivity contribution is -0.139. The Kier molecular flexibility index (Phi) is 5.26. The van der Waals surface area contributed by atoms with Crippen molar-refractivity contribution in [1.82, 2.24) is 15.3 Å². The van der Waals surface area contributed by atoms with Gasteiger partial charge in [-0.1, -0.05) is 6.07 Å². The van der Waals surface area contributed by atoms with Crippen molar-refractivity contribution in [2.45, 2.75) is 12.5 Å². The minimum absolute atomic E-state index is 0.195. The van der Waals surface area contributed by atoms with Crippen LogP contribution in [0.15, 0.2) is 53.3 Å². The van der Waals surface area contributed by atoms with E-state index in [1.54, 1.807) is 30.3 Å². The van der Waals surface area contributed by atoms with Gasteiger partial charge in [0.1, 0.15) is 5.82 Å². The Balaban J connectivity index is 1.62. The molecule has 2 aromatic carbocycles. The second-order valence-corrected chi connectivity index (χ2v) is 7.16. The quantitative estimate of drug-likeness (QED) is 0.325. The van der Waals surface area contributed by atoms with E-state index in [1.165, 1.54) is 18.2 Å². The smallest absolute Gasteiger partial charge is 0.306 e. The number of aromatic amines is 2. The molecule has 0 saturated heterocycles. The molecule has 0 bridgehead atoms. The van der Waals surface area contributed by atoms with Crippen LogP contribution in [0.4, 0.5) is 4.39 Å². The van der Waals surface area contributed by atoms with Gasteiger partial charge in [0, 0.05) is 28.4 Å². The molecule has 0 radical (unpaired) electrons. The summed E-state index contributed by atoms with van der Waals surface area (Å²) < 4.78 is 14.1. The highest BCUT2D eigenvalue weighted by atomic mass is 19.1. The summed E-state index contributed by atoms with van der Waals surface area (Å²) in [6.07, 6.45) is -1.66. The number of halogens is 1. The normalized spacial score (nSPS) is 12.2. The molecule has 5 N–H and O–H groups in total. The Morgan fingerprint density at radius 1 is 1.06 bits per heavy atom. The molecular weight excluding hydrogens is 405 g/mol. The lowest BCUT2D eigenvalue weighted by Gasteiger charge is -2.09. The zero-order valence-corrected chi connectivity index (χ0v) is 16.1. The number of carboxylic acids is 1. The van der Waals surface area contributed by atoms with Crippen molar-refractivity contribution in [3.05, 3.63) is 70.3 Å². The van der Waals surface area contributed by atoms with Gasteiger partial charge in [-0.05, 0) is 42.5 Å². The Bertz CT molecular complexity index is 1370. The van der Waals surface area contributed by atoms with Crippen LogP contribution in [0.5, 0.6) is 0 Å². The van der Waals surface area contributed by atoms with Crippen LogP contribution in [0, 0.1) is 5.82 Å². The summed E-state index contributed by atoms with van der Waals surface area (Å²) in [6, 6.07) is 12.4. The Morgan fingerprint density at radius 3 is 2.65 bits per heavy atom. The third-order valence-electron chi connectivity index (χ3n) is 4.92. The molecule has 1 amide bonds. The lowest BCUT2D eigenvalue weighted by atomic mass is 10.1. The molecular formula is C22H18FN3O5. The number of aliphatic carboxylic acids is 1. The SMILES string of the molecule is O=C(O)CC(O)CNC(=O)c1ccc2[nH]c(-c3cc4c(F)cccc4[nH]c3=O)cc2c1. The van der Waals surface area contributed by atoms with Crippen molar-refractivity contribution in [2.24, 2.45) is 0 Å². The van der Waals surface area contributed by atoms with Crippen molar-refractivity contribution in [1.29, 1.82) is 0 Å². The van der Waals surface area contributed by atoms with Gasteiger partial charge in [0.25, 0.3) is 11.5 Å². The fourth-order valence-corrected chi connectivity index (χ4v) is 3.40. The molecule has 9 heteroatoms. The maximum Gasteiger partial charge on any atom is 0.306 e. The van der Waals surface area contributed by atoms with Gasteiger partial charge in [0.05, 0.1) is 29.3 Å². The van der Waals surface area contributed by atoms with E-state index < -0.39 is 30.2 Å². The molecule has 4 aromatic rings. The number of aromatic nitrogens is 2. The lowest BCUT2D eigenvalue weighted by Crippen LogP contribution is -2.33. The molecule has 4 rings (SSSR count). The maximum absolute atomic E-state index is 14.1. The minimum Gasteiger partial charge on any atom is -0.481 e. The van der Waals surface area contributed by atoms with E-state index in [-0.39, 0.29) is 23.1 Å². The fourth-order valence-electron chi connectivity index (χ4n) is 3.40. The first kappa shape index (κ1) is 20.3. The van der Waals surface area contributed by atoms with Crippen molar-refractivity contribution in [2.75, 3.05) is 6.54 Å². The first-order chi connectivity index (χ1) is 14.8. The molecule has 0 aliphatic heterocycles. The van der Waals surface area contributed by atoms with Crippen LogP contribution in [-0.2, 0) is 4.79 Å². The van der Waals surface area contributed by atoms with Gasteiger partial charge in [-0.2, -0.15) is 0 Å². The van der Waals surface area contributed by atoms with E-state index in [4.69, 9.17) is 5.11 Å². The van der Waals surface area contributed by atoms with Crippen molar-refractivity contribution in [3.63, 3.8) is 0 Å². The monoisotopic (exact) mass is 423 g/mol. The molecule has 0 aliphatic rings. The molecule has 0 spiro atoms. The molecule has 1 unspecified atom stereocenters. The standard InChI is InChI=1S/C22H18FN3O5/c23-16-2-1-3-18-14(16)9-15(22(31)26-18)19-7-12-6-11(4-5-17(12)25-19)21(30)24-10-13(27)8-20(28)29/h1-7,9,13,25,27H,8,10H2,(H,24,30)(H,26,31)(H,28,29). The van der Waals surface area contributed by atoms with E-state index in [0.29, 0.717) is 27.7 Å². The minimum atomic E-state index is -1.19. The third-order valence-corrected chi connectivity index (χ3v) is 4.92. The topological polar surface area (TPSA) is 135 Å². The summed E-state index contributed by atoms with van der Waals surface area (Å²) in [6.45, 7) is -0.195. The number of hydrogen-bond acceptors (Lipinski definition) is 4. The van der Waals surface area contributed by atoms with Gasteiger partial charge >= 0.3 is 5.97 Å². The average Bonchev–Trinajstić information content (AvgIpc) is 3.14. The Labute approximate surface area is 174 Å². The third kappa shape index (κ3) is 4.17. The molecule has 2 aromatic heterocycles. The number of carbonyl (C=O) groups excluding carboxylic acids is 1. The molecule has 158 valence electrons. The molecule has 0 fully saturated rings. The van der Waals surface area contributed by atoms with E-state index in [9.17, 15) is 23.9 Å². The van der Waals surface area contributed by atoms with Gasteiger partial charge in [-0.3, -0.25) is 14.4 Å². The number of fused-ring (bicyclic) bond motifs is 2. The molecule has 1 atom stereocenters. The summed E-state index contributed by atoms with van der Waals surface area (Å²) in [5.41, 5.74) is 1.72. The maximum atomic E-state index is 14.1. The van der Waals surface area contributed by atoms with Crippen LogP contribution in [0.2, 0.25) is 0 Å². The van der Waals surface area contributed by atoms with E-state index >= 15 is 0 Å². The highest BCUT2D eigenvalue weighted by Crippen LogP contribution is 2.25. The summed E-state index contributed by atoms with van der Waals surface area (Å²) in [5.74, 6) is -2.08. The van der Waals surface area contributed by atoms with Crippen LogP contribution in [0.3, 0.4) is 0 Å². The first-order valence-electron chi connectivity index (χ1n) is 9.44. The molecule has 0 aliphatic carbocycles. The van der Waals surface area contributed by atoms with E-state index in [2.05, 4.69) is 15.3 Å². The van der Waals surface area contributed by atoms with E-state index in [0.717, 1.165) is 0 Å². The number of benzene rings is 2. The number of hydrogen-bond donors (Lipinski definition) is 5. The van der Waals surface area contributed by atoms with Crippen LogP contribution < -0.4 is 10.9 Å². The van der Waals surface area contributed by atoms with Gasteiger partial charge in [0.15, 0.2) is 0 Å². The second-order valence-electron chi connectivity index (χ2n) is 7.16. The fraction of sp³-hybridized carbons (Fsp3) is 0.136. The highest BCUT2D eigenvalue weighted by Gasteiger charge is 2.14. The van der Waals surface area contributed by atoms with Gasteiger partial charge < -0.3 is 25.5 Å². The summed E-state index contributed by atoms with van der Waals surface area (Å²) in [4.78, 5) is 41.2. The number of aliphatic hydroxyl groups is 1. The van der Waals surface area contributed by atoms with Crippen LogP contribution in [0.1, 0.15) is 16.8 Å². The molecule has 8 nitrogen and oxygen atoms in total. The number of pyridine rings is 1. The summed E-state index contributed by atoms with van der Waals surface area (Å²) in [7, 11) is 0. The van der Waals surface area contributed by atoms with Gasteiger partial charge in [0.2, 0.25) is 0 Å². The number of aliphatic hydroxyl groups excluding tert-OH is 1. The van der Waals surface area contributed by atoms with Crippen LogP contribution >= 0.6 is 0 Å². The van der Waals surface area contributed by atoms with E-state index in [1.807, 2.05) is 0 Å². The number of rotatable bonds is 6. The molecule has 0 saturated carbocycles. The van der Waals surface area contributed by atoms with Crippen molar-refractivity contribution in [3.8, 4) is 11.3 Å². The summed E-state index contributed by atoms with van der Waals surface area (Å²) in [5, 5.41) is 21.7. The highest BCUT2D eigenvalue weighted by molar-refractivity contribution is 5.99. The zero-order chi connectivity index (χ0) is 22.1. The number of carbonyl (C=O) groups is 2. The molecule has 31 heavy (non-hydrogen) atoms. The van der Waals surface area contributed by atoms with Gasteiger partial charge in [-0.15, -0.1) is 0 Å². The zero-order valence-electron chi connectivity index (χ0n) is 16.1. The predicted molar refractivity (Wildman–Crippen MR) is 112 cm³/mol. The largest absolute Gasteiger partial charge is 0.481 e. The predicted octanol–water partition coefficient (Wildman–Crippen LogP) is 2.38.